The highest BCUT2D eigenvalue weighted by molar-refractivity contribution is 5.69. The van der Waals surface area contributed by atoms with Gasteiger partial charge in [0.25, 0.3) is 0 Å². The molecule has 0 aliphatic rings. The first-order valence-electron chi connectivity index (χ1n) is 5.77. The van der Waals surface area contributed by atoms with Crippen LogP contribution in [0.15, 0.2) is 24.3 Å². The van der Waals surface area contributed by atoms with Gasteiger partial charge in [-0.15, -0.1) is 0 Å². The van der Waals surface area contributed by atoms with Crippen LogP contribution < -0.4 is 5.73 Å². The van der Waals surface area contributed by atoms with Crippen molar-refractivity contribution in [2.75, 3.05) is 6.61 Å². The molecule has 17 heavy (non-hydrogen) atoms. The van der Waals surface area contributed by atoms with E-state index in [0.29, 0.717) is 25.9 Å². The summed E-state index contributed by atoms with van der Waals surface area (Å²) in [5.74, 6) is -0.498. The Morgan fingerprint density at radius 1 is 1.53 bits per heavy atom. The van der Waals surface area contributed by atoms with Crippen molar-refractivity contribution in [2.45, 2.75) is 32.2 Å². The normalized spacial score (nSPS) is 12.2. The van der Waals surface area contributed by atoms with E-state index in [1.54, 1.807) is 13.0 Å². The predicted octanol–water partition coefficient (Wildman–Crippen LogP) is 2.04. The predicted molar refractivity (Wildman–Crippen MR) is 63.9 cm³/mol. The fraction of sp³-hybridized carbons (Fsp3) is 0.462. The minimum Gasteiger partial charge on any atom is -0.466 e. The molecule has 2 N–H and O–H groups in total. The fourth-order valence-corrected chi connectivity index (χ4v) is 1.61. The first kappa shape index (κ1) is 13.6. The maximum absolute atomic E-state index is 12.9. The molecule has 0 spiro atoms. The first-order chi connectivity index (χ1) is 8.11. The topological polar surface area (TPSA) is 52.3 Å². The molecule has 0 bridgehead atoms. The molecular formula is C13H18FNO2. The number of carbonyl (C=O) groups is 1. The van der Waals surface area contributed by atoms with Crippen LogP contribution in [0.25, 0.3) is 0 Å². The van der Waals surface area contributed by atoms with Crippen LogP contribution in [0.1, 0.15) is 25.3 Å². The minimum absolute atomic E-state index is 0.152. The van der Waals surface area contributed by atoms with Gasteiger partial charge in [-0.1, -0.05) is 12.1 Å². The van der Waals surface area contributed by atoms with Gasteiger partial charge in [0.15, 0.2) is 0 Å². The Bertz CT molecular complexity index is 368. The first-order valence-corrected chi connectivity index (χ1v) is 5.77. The Hall–Kier alpha value is -1.42. The van der Waals surface area contributed by atoms with Crippen molar-refractivity contribution in [3.63, 3.8) is 0 Å². The zero-order valence-corrected chi connectivity index (χ0v) is 9.99. The van der Waals surface area contributed by atoms with Crippen LogP contribution in [0, 0.1) is 5.82 Å². The molecule has 0 amide bonds. The van der Waals surface area contributed by atoms with Crippen molar-refractivity contribution in [1.29, 1.82) is 0 Å². The zero-order chi connectivity index (χ0) is 12.7. The van der Waals surface area contributed by atoms with Gasteiger partial charge in [-0.2, -0.15) is 0 Å². The van der Waals surface area contributed by atoms with Crippen molar-refractivity contribution >= 4 is 5.97 Å². The quantitative estimate of drug-likeness (QED) is 0.773. The van der Waals surface area contributed by atoms with E-state index in [0.717, 1.165) is 5.56 Å². The Kier molecular flexibility index (Phi) is 5.63. The summed E-state index contributed by atoms with van der Waals surface area (Å²) in [5, 5.41) is 0. The van der Waals surface area contributed by atoms with Gasteiger partial charge >= 0.3 is 5.97 Å². The summed E-state index contributed by atoms with van der Waals surface area (Å²) in [4.78, 5) is 11.1. The highest BCUT2D eigenvalue weighted by atomic mass is 19.1. The van der Waals surface area contributed by atoms with Gasteiger partial charge in [0.05, 0.1) is 6.61 Å². The summed E-state index contributed by atoms with van der Waals surface area (Å²) in [5.41, 5.74) is 6.72. The zero-order valence-electron chi connectivity index (χ0n) is 9.99. The van der Waals surface area contributed by atoms with Gasteiger partial charge < -0.3 is 10.5 Å². The van der Waals surface area contributed by atoms with Crippen LogP contribution in [0.3, 0.4) is 0 Å². The highest BCUT2D eigenvalue weighted by Gasteiger charge is 2.08. The van der Waals surface area contributed by atoms with Crippen LogP contribution in [0.4, 0.5) is 4.39 Å². The second-order valence-electron chi connectivity index (χ2n) is 3.94. The second-order valence-corrected chi connectivity index (χ2v) is 3.94. The third-order valence-electron chi connectivity index (χ3n) is 2.41. The molecule has 1 aromatic rings. The average Bonchev–Trinajstić information content (AvgIpc) is 2.27. The third-order valence-corrected chi connectivity index (χ3v) is 2.41. The number of ether oxygens (including phenoxy) is 1. The molecule has 3 nitrogen and oxygen atoms in total. The summed E-state index contributed by atoms with van der Waals surface area (Å²) in [7, 11) is 0. The molecule has 4 heteroatoms. The number of hydrogen-bond acceptors (Lipinski definition) is 3. The van der Waals surface area contributed by atoms with Gasteiger partial charge in [0, 0.05) is 12.5 Å². The maximum Gasteiger partial charge on any atom is 0.305 e. The largest absolute Gasteiger partial charge is 0.466 e. The van der Waals surface area contributed by atoms with E-state index in [-0.39, 0.29) is 17.8 Å². The minimum atomic E-state index is -0.264. The molecule has 0 radical (unpaired) electrons. The Morgan fingerprint density at radius 3 is 2.94 bits per heavy atom. The molecule has 1 rings (SSSR count). The van der Waals surface area contributed by atoms with Gasteiger partial charge in [0.1, 0.15) is 5.82 Å². The summed E-state index contributed by atoms with van der Waals surface area (Å²) in [6.07, 6.45) is 1.43. The van der Waals surface area contributed by atoms with E-state index in [9.17, 15) is 9.18 Å². The number of esters is 1. The molecule has 0 fully saturated rings. The van der Waals surface area contributed by atoms with E-state index in [4.69, 9.17) is 10.5 Å². The lowest BCUT2D eigenvalue weighted by Gasteiger charge is -2.11. The third kappa shape index (κ3) is 5.45. The number of nitrogens with two attached hydrogens (primary N) is 1. The SMILES string of the molecule is CCOC(=O)CCC(N)Cc1cccc(F)c1. The molecule has 0 saturated heterocycles. The molecular weight excluding hydrogens is 221 g/mol. The monoisotopic (exact) mass is 239 g/mol. The smallest absolute Gasteiger partial charge is 0.305 e. The van der Waals surface area contributed by atoms with Gasteiger partial charge in [-0.3, -0.25) is 4.79 Å². The Labute approximate surface area is 101 Å². The molecule has 0 aliphatic carbocycles. The van der Waals surface area contributed by atoms with Crippen molar-refractivity contribution in [1.82, 2.24) is 0 Å². The number of carbonyl (C=O) groups excluding carboxylic acids is 1. The average molecular weight is 239 g/mol. The molecule has 0 heterocycles. The fourth-order valence-electron chi connectivity index (χ4n) is 1.61. The van der Waals surface area contributed by atoms with Crippen LogP contribution in [-0.4, -0.2) is 18.6 Å². The second kappa shape index (κ2) is 7.01. The molecule has 1 atom stereocenters. The summed E-state index contributed by atoms with van der Waals surface area (Å²) in [6.45, 7) is 2.16. The van der Waals surface area contributed by atoms with Crippen molar-refractivity contribution < 1.29 is 13.9 Å². The lowest BCUT2D eigenvalue weighted by molar-refractivity contribution is -0.143. The van der Waals surface area contributed by atoms with Gasteiger partial charge in [-0.25, -0.2) is 4.39 Å². The molecule has 1 unspecified atom stereocenters. The molecule has 94 valence electrons. The maximum atomic E-state index is 12.9. The van der Waals surface area contributed by atoms with Crippen LogP contribution in [0.5, 0.6) is 0 Å². The standard InChI is InChI=1S/C13H18FNO2/c1-2-17-13(16)7-6-12(15)9-10-4-3-5-11(14)8-10/h3-5,8,12H,2,6-7,9,15H2,1H3. The Morgan fingerprint density at radius 2 is 2.29 bits per heavy atom. The van der Waals surface area contributed by atoms with Crippen LogP contribution in [0.2, 0.25) is 0 Å². The Balaban J connectivity index is 2.34. The van der Waals surface area contributed by atoms with Crippen LogP contribution in [-0.2, 0) is 16.0 Å². The summed E-state index contributed by atoms with van der Waals surface area (Å²) < 4.78 is 17.7. The van der Waals surface area contributed by atoms with Crippen molar-refractivity contribution in [3.05, 3.63) is 35.6 Å². The van der Waals surface area contributed by atoms with E-state index in [2.05, 4.69) is 0 Å². The van der Waals surface area contributed by atoms with Crippen molar-refractivity contribution in [2.24, 2.45) is 5.73 Å². The summed E-state index contributed by atoms with van der Waals surface area (Å²) in [6, 6.07) is 6.19. The molecule has 0 aromatic heterocycles. The van der Waals surface area contributed by atoms with Gasteiger partial charge in [0.2, 0.25) is 0 Å². The van der Waals surface area contributed by atoms with E-state index < -0.39 is 0 Å². The molecule has 1 aromatic carbocycles. The van der Waals surface area contributed by atoms with E-state index >= 15 is 0 Å². The van der Waals surface area contributed by atoms with Crippen molar-refractivity contribution in [3.8, 4) is 0 Å². The molecule has 0 aliphatic heterocycles. The molecule has 0 saturated carbocycles. The lowest BCUT2D eigenvalue weighted by Crippen LogP contribution is -2.24. The lowest BCUT2D eigenvalue weighted by atomic mass is 10.0. The number of benzene rings is 1. The van der Waals surface area contributed by atoms with Gasteiger partial charge in [-0.05, 0) is 37.5 Å². The highest BCUT2D eigenvalue weighted by Crippen LogP contribution is 2.08. The van der Waals surface area contributed by atoms with Crippen LogP contribution >= 0.6 is 0 Å². The van der Waals surface area contributed by atoms with E-state index in [1.165, 1.54) is 12.1 Å². The number of halogens is 1. The number of hydrogen-bond donors (Lipinski definition) is 1. The van der Waals surface area contributed by atoms with E-state index in [1.807, 2.05) is 6.07 Å². The number of rotatable bonds is 6. The summed E-state index contributed by atoms with van der Waals surface area (Å²) >= 11 is 0.